The van der Waals surface area contributed by atoms with E-state index in [9.17, 15) is 14.0 Å². The van der Waals surface area contributed by atoms with Crippen LogP contribution in [-0.4, -0.2) is 11.8 Å². The lowest BCUT2D eigenvalue weighted by molar-refractivity contribution is -0.120. The number of benzene rings is 2. The van der Waals surface area contributed by atoms with Gasteiger partial charge in [-0.3, -0.25) is 9.59 Å². The molecule has 2 aromatic rings. The molecule has 0 unspecified atom stereocenters. The van der Waals surface area contributed by atoms with Crippen molar-refractivity contribution >= 4 is 46.4 Å². The Hall–Kier alpha value is -2.37. The molecule has 2 amide bonds. The summed E-state index contributed by atoms with van der Waals surface area (Å²) in [7, 11) is 0. The zero-order chi connectivity index (χ0) is 18.1. The average Bonchev–Trinajstić information content (AvgIpc) is 2.81. The summed E-state index contributed by atoms with van der Waals surface area (Å²) in [5.74, 6) is -1.95. The number of imide groups is 1. The Kier molecular flexibility index (Phi) is 4.79. The first-order valence-electron chi connectivity index (χ1n) is 7.52. The van der Waals surface area contributed by atoms with Gasteiger partial charge in [0.05, 0.1) is 10.7 Å². The van der Waals surface area contributed by atoms with Crippen LogP contribution in [0.15, 0.2) is 53.2 Å². The van der Waals surface area contributed by atoms with Crippen LogP contribution in [0.3, 0.4) is 0 Å². The number of anilines is 2. The van der Waals surface area contributed by atoms with Crippen LogP contribution in [0, 0.1) is 5.82 Å². The summed E-state index contributed by atoms with van der Waals surface area (Å²) in [4.78, 5) is 26.0. The number of nitrogens with zero attached hydrogens (tertiary/aromatic N) is 1. The molecule has 0 aliphatic carbocycles. The van der Waals surface area contributed by atoms with Crippen molar-refractivity contribution in [2.75, 3.05) is 10.2 Å². The van der Waals surface area contributed by atoms with Gasteiger partial charge >= 0.3 is 0 Å². The maximum atomic E-state index is 13.3. The van der Waals surface area contributed by atoms with Crippen LogP contribution in [-0.2, 0) is 16.0 Å². The Morgan fingerprint density at radius 1 is 1.08 bits per heavy atom. The third-order valence-corrected chi connectivity index (χ3v) is 4.49. The van der Waals surface area contributed by atoms with E-state index in [1.54, 1.807) is 6.07 Å². The smallest absolute Gasteiger partial charge is 0.283 e. The maximum absolute atomic E-state index is 13.3. The van der Waals surface area contributed by atoms with Crippen LogP contribution in [0.5, 0.6) is 0 Å². The van der Waals surface area contributed by atoms with Crippen molar-refractivity contribution in [2.24, 2.45) is 0 Å². The summed E-state index contributed by atoms with van der Waals surface area (Å²) < 4.78 is 13.3. The quantitative estimate of drug-likeness (QED) is 0.798. The van der Waals surface area contributed by atoms with Crippen molar-refractivity contribution < 1.29 is 14.0 Å². The third-order valence-electron chi connectivity index (χ3n) is 3.85. The zero-order valence-electron chi connectivity index (χ0n) is 13.1. The highest BCUT2D eigenvalue weighted by atomic mass is 35.5. The molecule has 0 saturated carbocycles. The lowest BCUT2D eigenvalue weighted by Crippen LogP contribution is -2.32. The highest BCUT2D eigenvalue weighted by Gasteiger charge is 2.39. The number of rotatable bonds is 4. The first-order chi connectivity index (χ1) is 11.9. The van der Waals surface area contributed by atoms with Gasteiger partial charge < -0.3 is 5.32 Å². The minimum atomic E-state index is -0.689. The van der Waals surface area contributed by atoms with Crippen LogP contribution in [0.25, 0.3) is 0 Å². The molecule has 1 heterocycles. The first kappa shape index (κ1) is 17.5. The SMILES string of the molecule is CCc1ccccc1NC1=C(Cl)C(=O)N(c2ccc(F)c(Cl)c2)C1=O. The highest BCUT2D eigenvalue weighted by molar-refractivity contribution is 6.53. The number of aryl methyl sites for hydroxylation is 1. The number of nitrogens with one attached hydrogen (secondary N) is 1. The Morgan fingerprint density at radius 3 is 2.48 bits per heavy atom. The van der Waals surface area contributed by atoms with Gasteiger partial charge in [0.2, 0.25) is 0 Å². The third kappa shape index (κ3) is 3.13. The number of para-hydroxylation sites is 1. The van der Waals surface area contributed by atoms with E-state index in [4.69, 9.17) is 23.2 Å². The van der Waals surface area contributed by atoms with Crippen molar-refractivity contribution in [3.8, 4) is 0 Å². The Labute approximate surface area is 153 Å². The van der Waals surface area contributed by atoms with Crippen LogP contribution in [0.1, 0.15) is 12.5 Å². The molecule has 7 heteroatoms. The average molecular weight is 379 g/mol. The van der Waals surface area contributed by atoms with Crippen LogP contribution < -0.4 is 10.2 Å². The molecule has 1 N–H and O–H groups in total. The molecule has 25 heavy (non-hydrogen) atoms. The van der Waals surface area contributed by atoms with Gasteiger partial charge in [0.15, 0.2) is 0 Å². The molecule has 0 spiro atoms. The number of carbonyl (C=O) groups is 2. The van der Waals surface area contributed by atoms with Crippen LogP contribution >= 0.6 is 23.2 Å². The second-order valence-electron chi connectivity index (χ2n) is 5.37. The van der Waals surface area contributed by atoms with Gasteiger partial charge in [0.25, 0.3) is 11.8 Å². The monoisotopic (exact) mass is 378 g/mol. The molecule has 0 aromatic heterocycles. The second kappa shape index (κ2) is 6.86. The van der Waals surface area contributed by atoms with Gasteiger partial charge in [0.1, 0.15) is 16.5 Å². The summed E-state index contributed by atoms with van der Waals surface area (Å²) in [6.07, 6.45) is 0.744. The van der Waals surface area contributed by atoms with Gasteiger partial charge in [-0.05, 0) is 36.2 Å². The topological polar surface area (TPSA) is 49.4 Å². The minimum Gasteiger partial charge on any atom is -0.349 e. The van der Waals surface area contributed by atoms with E-state index in [1.807, 2.05) is 25.1 Å². The summed E-state index contributed by atoms with van der Waals surface area (Å²) >= 11 is 11.8. The van der Waals surface area contributed by atoms with E-state index in [2.05, 4.69) is 5.32 Å². The largest absolute Gasteiger partial charge is 0.349 e. The number of halogens is 3. The van der Waals surface area contributed by atoms with E-state index in [0.717, 1.165) is 23.0 Å². The minimum absolute atomic E-state index is 0.0204. The Morgan fingerprint density at radius 2 is 1.80 bits per heavy atom. The number of carbonyl (C=O) groups excluding carboxylic acids is 2. The van der Waals surface area contributed by atoms with Crippen LogP contribution in [0.2, 0.25) is 5.02 Å². The highest BCUT2D eigenvalue weighted by Crippen LogP contribution is 2.32. The van der Waals surface area contributed by atoms with Gasteiger partial charge in [0, 0.05) is 5.69 Å². The molecule has 0 radical (unpaired) electrons. The van der Waals surface area contributed by atoms with E-state index in [1.165, 1.54) is 12.1 Å². The fourth-order valence-electron chi connectivity index (χ4n) is 2.56. The Bertz CT molecular complexity index is 912. The summed E-state index contributed by atoms with van der Waals surface area (Å²) in [6.45, 7) is 1.98. The molecule has 3 rings (SSSR count). The molecule has 1 aliphatic heterocycles. The lowest BCUT2D eigenvalue weighted by Gasteiger charge is -2.16. The standard InChI is InChI=1S/C18H13Cl2FN2O2/c1-2-10-5-3-4-6-14(10)22-16-15(20)17(24)23(18(16)25)11-7-8-13(21)12(19)9-11/h3-9,22H,2H2,1H3. The fourth-order valence-corrected chi connectivity index (χ4v) is 2.94. The summed E-state index contributed by atoms with van der Waals surface area (Å²) in [5, 5.41) is 2.53. The van der Waals surface area contributed by atoms with Gasteiger partial charge in [-0.15, -0.1) is 0 Å². The Balaban J connectivity index is 1.95. The fraction of sp³-hybridized carbons (Fsp3) is 0.111. The summed E-state index contributed by atoms with van der Waals surface area (Å²) in [5.41, 5.74) is 1.80. The van der Waals surface area contributed by atoms with Crippen molar-refractivity contribution in [2.45, 2.75) is 13.3 Å². The van der Waals surface area contributed by atoms with Crippen LogP contribution in [0.4, 0.5) is 15.8 Å². The molecule has 0 atom stereocenters. The maximum Gasteiger partial charge on any atom is 0.283 e. The van der Waals surface area contributed by atoms with E-state index < -0.39 is 17.6 Å². The van der Waals surface area contributed by atoms with Crippen molar-refractivity contribution in [3.63, 3.8) is 0 Å². The number of hydrogen-bond acceptors (Lipinski definition) is 3. The molecule has 0 saturated heterocycles. The van der Waals surface area contributed by atoms with Gasteiger partial charge in [-0.25, -0.2) is 9.29 Å². The van der Waals surface area contributed by atoms with Crippen molar-refractivity contribution in [1.29, 1.82) is 0 Å². The molecule has 0 fully saturated rings. The zero-order valence-corrected chi connectivity index (χ0v) is 14.7. The predicted molar refractivity (Wildman–Crippen MR) is 96.2 cm³/mol. The molecule has 1 aliphatic rings. The molecule has 128 valence electrons. The normalized spacial score (nSPS) is 14.5. The lowest BCUT2D eigenvalue weighted by atomic mass is 10.1. The van der Waals surface area contributed by atoms with E-state index in [0.29, 0.717) is 5.69 Å². The molecule has 4 nitrogen and oxygen atoms in total. The van der Waals surface area contributed by atoms with Gasteiger partial charge in [-0.2, -0.15) is 0 Å². The molecular weight excluding hydrogens is 366 g/mol. The number of hydrogen-bond donors (Lipinski definition) is 1. The first-order valence-corrected chi connectivity index (χ1v) is 8.28. The van der Waals surface area contributed by atoms with Gasteiger partial charge in [-0.1, -0.05) is 48.3 Å². The predicted octanol–water partition coefficient (Wildman–Crippen LogP) is 4.48. The summed E-state index contributed by atoms with van der Waals surface area (Å²) in [6, 6.07) is 11.0. The second-order valence-corrected chi connectivity index (χ2v) is 6.15. The molecular formula is C18H13Cl2FN2O2. The molecule has 2 aromatic carbocycles. The molecule has 0 bridgehead atoms. The van der Waals surface area contributed by atoms with Crippen molar-refractivity contribution in [3.05, 3.63) is 69.6 Å². The van der Waals surface area contributed by atoms with Crippen molar-refractivity contribution in [1.82, 2.24) is 0 Å². The number of amides is 2. The van der Waals surface area contributed by atoms with E-state index in [-0.39, 0.29) is 21.4 Å². The van der Waals surface area contributed by atoms with E-state index >= 15 is 0 Å².